The Labute approximate surface area is 164 Å². The van der Waals surface area contributed by atoms with Crippen LogP contribution in [-0.4, -0.2) is 24.4 Å². The molecule has 1 amide bonds. The van der Waals surface area contributed by atoms with Crippen molar-refractivity contribution in [1.82, 2.24) is 5.32 Å². The molecule has 0 bridgehead atoms. The van der Waals surface area contributed by atoms with E-state index in [4.69, 9.17) is 9.15 Å². The van der Waals surface area contributed by atoms with Gasteiger partial charge in [-0.25, -0.2) is 4.79 Å². The third-order valence-electron chi connectivity index (χ3n) is 5.19. The minimum atomic E-state index is -1.31. The predicted octanol–water partition coefficient (Wildman–Crippen LogP) is 4.33. The Hall–Kier alpha value is -3.05. The third kappa shape index (κ3) is 3.41. The van der Waals surface area contributed by atoms with Crippen LogP contribution < -0.4 is 5.32 Å². The molecule has 1 atom stereocenters. The van der Waals surface area contributed by atoms with Crippen LogP contribution in [0.25, 0.3) is 11.1 Å². The summed E-state index contributed by atoms with van der Waals surface area (Å²) in [5.41, 5.74) is 3.38. The maximum atomic E-state index is 12.2. The van der Waals surface area contributed by atoms with Crippen molar-refractivity contribution in [2.75, 3.05) is 13.2 Å². The zero-order valence-corrected chi connectivity index (χ0v) is 15.9. The van der Waals surface area contributed by atoms with Gasteiger partial charge < -0.3 is 19.6 Å². The summed E-state index contributed by atoms with van der Waals surface area (Å²) in [7, 11) is 0. The second-order valence-electron chi connectivity index (χ2n) is 7.36. The lowest BCUT2D eigenvalue weighted by molar-refractivity contribution is 0.0318. The van der Waals surface area contributed by atoms with Gasteiger partial charge in [0.15, 0.2) is 0 Å². The van der Waals surface area contributed by atoms with Crippen LogP contribution >= 0.6 is 0 Å². The van der Waals surface area contributed by atoms with Gasteiger partial charge in [-0.05, 0) is 48.2 Å². The summed E-state index contributed by atoms with van der Waals surface area (Å²) in [5.74, 6) is 1.12. The molecule has 0 fully saturated rings. The van der Waals surface area contributed by atoms with Gasteiger partial charge in [0.2, 0.25) is 0 Å². The van der Waals surface area contributed by atoms with E-state index in [1.165, 1.54) is 11.1 Å². The third-order valence-corrected chi connectivity index (χ3v) is 5.19. The van der Waals surface area contributed by atoms with E-state index in [-0.39, 0.29) is 19.1 Å². The quantitative estimate of drug-likeness (QED) is 0.694. The molecule has 5 nitrogen and oxygen atoms in total. The zero-order chi connectivity index (χ0) is 19.7. The van der Waals surface area contributed by atoms with Gasteiger partial charge in [-0.3, -0.25) is 0 Å². The van der Waals surface area contributed by atoms with Crippen molar-refractivity contribution < 1.29 is 19.1 Å². The molecule has 4 rings (SSSR count). The average molecular weight is 377 g/mol. The van der Waals surface area contributed by atoms with E-state index in [1.54, 1.807) is 26.0 Å². The Kier molecular flexibility index (Phi) is 4.69. The highest BCUT2D eigenvalue weighted by Gasteiger charge is 2.30. The van der Waals surface area contributed by atoms with Gasteiger partial charge in [-0.1, -0.05) is 48.5 Å². The number of aryl methyl sites for hydroxylation is 1. The molecule has 0 spiro atoms. The number of hydrogen-bond acceptors (Lipinski definition) is 4. The minimum Gasteiger partial charge on any atom is -0.463 e. The summed E-state index contributed by atoms with van der Waals surface area (Å²) in [6.45, 7) is 3.63. The summed E-state index contributed by atoms with van der Waals surface area (Å²) in [6.07, 6.45) is -0.564. The summed E-state index contributed by atoms with van der Waals surface area (Å²) < 4.78 is 10.9. The van der Waals surface area contributed by atoms with Gasteiger partial charge in [0.25, 0.3) is 0 Å². The fourth-order valence-corrected chi connectivity index (χ4v) is 3.70. The maximum absolute atomic E-state index is 12.2. The number of fused-ring (bicyclic) bond motifs is 3. The number of alkyl carbamates (subject to hydrolysis) is 1. The number of carbonyl (C=O) groups excluding carboxylic acids is 1. The van der Waals surface area contributed by atoms with Crippen LogP contribution in [0.5, 0.6) is 0 Å². The number of hydrogen-bond donors (Lipinski definition) is 2. The fraction of sp³-hybridized carbons (Fsp3) is 0.261. The molecule has 2 N–H and O–H groups in total. The van der Waals surface area contributed by atoms with Crippen LogP contribution in [-0.2, 0) is 10.3 Å². The standard InChI is InChI=1S/C23H23NO4/c1-15-11-12-21(28-15)23(2,26)14-24-22(25)27-13-20-18-9-5-3-7-16(18)17-8-4-6-10-19(17)20/h3-12,20,26H,13-14H2,1-2H3,(H,24,25). The number of rotatable bonds is 5. The largest absolute Gasteiger partial charge is 0.463 e. The Morgan fingerprint density at radius 1 is 1.07 bits per heavy atom. The SMILES string of the molecule is Cc1ccc(C(C)(O)CNC(=O)OCC2c3ccccc3-c3ccccc32)o1. The lowest BCUT2D eigenvalue weighted by atomic mass is 9.98. The molecule has 3 aromatic rings. The molecule has 1 aliphatic carbocycles. The van der Waals surface area contributed by atoms with E-state index in [0.29, 0.717) is 11.5 Å². The van der Waals surface area contributed by atoms with Gasteiger partial charge in [0.1, 0.15) is 23.7 Å². The molecule has 5 heteroatoms. The van der Waals surface area contributed by atoms with Gasteiger partial charge in [0, 0.05) is 5.92 Å². The summed E-state index contributed by atoms with van der Waals surface area (Å²) in [6, 6.07) is 19.9. The number of furan rings is 1. The number of amides is 1. The number of carbonyl (C=O) groups is 1. The highest BCUT2D eigenvalue weighted by molar-refractivity contribution is 5.79. The van der Waals surface area contributed by atoms with Crippen LogP contribution in [0.2, 0.25) is 0 Å². The zero-order valence-electron chi connectivity index (χ0n) is 15.9. The molecule has 28 heavy (non-hydrogen) atoms. The van der Waals surface area contributed by atoms with Crippen molar-refractivity contribution in [3.05, 3.63) is 83.3 Å². The van der Waals surface area contributed by atoms with Crippen LogP contribution in [0.15, 0.2) is 65.1 Å². The van der Waals surface area contributed by atoms with E-state index in [1.807, 2.05) is 24.3 Å². The molecule has 0 aliphatic heterocycles. The minimum absolute atomic E-state index is 0.00335. The van der Waals surface area contributed by atoms with Gasteiger partial charge in [0.05, 0.1) is 6.54 Å². The number of aliphatic hydroxyl groups is 1. The topological polar surface area (TPSA) is 71.7 Å². The van der Waals surface area contributed by atoms with E-state index >= 15 is 0 Å². The molecule has 0 saturated carbocycles. The van der Waals surface area contributed by atoms with Gasteiger partial charge >= 0.3 is 6.09 Å². The number of benzene rings is 2. The molecule has 0 radical (unpaired) electrons. The number of nitrogens with one attached hydrogen (secondary N) is 1. The molecule has 1 aliphatic rings. The smallest absolute Gasteiger partial charge is 0.407 e. The molecule has 1 heterocycles. The average Bonchev–Trinajstić information content (AvgIpc) is 3.27. The maximum Gasteiger partial charge on any atom is 0.407 e. The Morgan fingerprint density at radius 3 is 2.25 bits per heavy atom. The normalized spacial score (nSPS) is 14.8. The van der Waals surface area contributed by atoms with Crippen LogP contribution in [0.4, 0.5) is 4.79 Å². The first-order chi connectivity index (χ1) is 13.5. The monoisotopic (exact) mass is 377 g/mol. The Balaban J connectivity index is 1.40. The van der Waals surface area contributed by atoms with E-state index in [2.05, 4.69) is 29.6 Å². The first-order valence-corrected chi connectivity index (χ1v) is 9.34. The second-order valence-corrected chi connectivity index (χ2v) is 7.36. The molecular formula is C23H23NO4. The predicted molar refractivity (Wildman–Crippen MR) is 106 cm³/mol. The fourth-order valence-electron chi connectivity index (χ4n) is 3.70. The van der Waals surface area contributed by atoms with E-state index in [9.17, 15) is 9.90 Å². The molecule has 1 unspecified atom stereocenters. The van der Waals surface area contributed by atoms with Crippen LogP contribution in [0, 0.1) is 6.92 Å². The summed E-state index contributed by atoms with van der Waals surface area (Å²) >= 11 is 0. The highest BCUT2D eigenvalue weighted by atomic mass is 16.5. The van der Waals surface area contributed by atoms with Crippen molar-refractivity contribution in [2.24, 2.45) is 0 Å². The Morgan fingerprint density at radius 2 is 1.68 bits per heavy atom. The van der Waals surface area contributed by atoms with Crippen molar-refractivity contribution >= 4 is 6.09 Å². The lowest BCUT2D eigenvalue weighted by Gasteiger charge is -2.21. The molecule has 0 saturated heterocycles. The molecular weight excluding hydrogens is 354 g/mol. The van der Waals surface area contributed by atoms with Gasteiger partial charge in [-0.2, -0.15) is 0 Å². The summed E-state index contributed by atoms with van der Waals surface area (Å²) in [4.78, 5) is 12.2. The molecule has 2 aromatic carbocycles. The molecule has 1 aromatic heterocycles. The van der Waals surface area contributed by atoms with Crippen molar-refractivity contribution in [1.29, 1.82) is 0 Å². The van der Waals surface area contributed by atoms with E-state index in [0.717, 1.165) is 11.1 Å². The van der Waals surface area contributed by atoms with E-state index < -0.39 is 11.7 Å². The van der Waals surface area contributed by atoms with Crippen molar-refractivity contribution in [3.63, 3.8) is 0 Å². The first kappa shape index (κ1) is 18.3. The van der Waals surface area contributed by atoms with Gasteiger partial charge in [-0.15, -0.1) is 0 Å². The summed E-state index contributed by atoms with van der Waals surface area (Å²) in [5, 5.41) is 13.2. The van der Waals surface area contributed by atoms with Crippen molar-refractivity contribution in [3.8, 4) is 11.1 Å². The lowest BCUT2D eigenvalue weighted by Crippen LogP contribution is -2.39. The highest BCUT2D eigenvalue weighted by Crippen LogP contribution is 2.44. The Bertz CT molecular complexity index is 960. The number of ether oxygens (including phenoxy) is 1. The molecule has 144 valence electrons. The van der Waals surface area contributed by atoms with Crippen LogP contribution in [0.3, 0.4) is 0 Å². The first-order valence-electron chi connectivity index (χ1n) is 9.34. The second kappa shape index (κ2) is 7.17. The van der Waals surface area contributed by atoms with Crippen molar-refractivity contribution in [2.45, 2.75) is 25.4 Å². The van der Waals surface area contributed by atoms with Crippen LogP contribution in [0.1, 0.15) is 35.5 Å².